The van der Waals surface area contributed by atoms with Crippen LogP contribution in [0.1, 0.15) is 59.1 Å². The molecule has 0 heterocycles. The Morgan fingerprint density at radius 2 is 0.962 bits per heavy atom. The Labute approximate surface area is 155 Å². The van der Waals surface area contributed by atoms with Gasteiger partial charge in [-0.05, 0) is 36.8 Å². The zero-order valence-electron chi connectivity index (χ0n) is 15.0. The molecule has 2 aromatic carbocycles. The molecule has 0 aliphatic rings. The molecular formula is C22H26N4. The van der Waals surface area contributed by atoms with Crippen molar-refractivity contribution in [2.24, 2.45) is 0 Å². The van der Waals surface area contributed by atoms with Gasteiger partial charge in [0.15, 0.2) is 0 Å². The van der Waals surface area contributed by atoms with Gasteiger partial charge in [0.05, 0.1) is 0 Å². The number of unbranched alkanes of at least 4 members (excludes halogenated alkanes) is 3. The summed E-state index contributed by atoms with van der Waals surface area (Å²) in [4.78, 5) is 0. The van der Waals surface area contributed by atoms with Crippen molar-refractivity contribution in [3.05, 3.63) is 69.8 Å². The van der Waals surface area contributed by atoms with Crippen LogP contribution in [0.15, 0.2) is 36.4 Å². The molecule has 0 saturated heterocycles. The molecule has 0 atom stereocenters. The molecule has 0 unspecified atom stereocenters. The van der Waals surface area contributed by atoms with Crippen LogP contribution in [0.3, 0.4) is 0 Å². The van der Waals surface area contributed by atoms with E-state index in [1.807, 2.05) is 36.4 Å². The lowest BCUT2D eigenvalue weighted by atomic mass is 9.95. The molecule has 0 aliphatic heterocycles. The van der Waals surface area contributed by atoms with Crippen molar-refractivity contribution in [3.8, 4) is 0 Å². The zero-order chi connectivity index (χ0) is 18.8. The van der Waals surface area contributed by atoms with Gasteiger partial charge in [0, 0.05) is 47.1 Å². The fourth-order valence-electron chi connectivity index (χ4n) is 3.29. The fourth-order valence-corrected chi connectivity index (χ4v) is 3.29. The molecule has 0 bridgehead atoms. The molecule has 4 nitrogen and oxygen atoms in total. The standard InChI is InChI=1S/C22H26N4/c23-13-19-11-5-9-17(21(19)15-25)7-3-1-2-4-8-18-10-6-12-20(14-24)22(18)16-26/h5-6,9-16,23-26H,1-4,7-8H2. The van der Waals surface area contributed by atoms with Crippen LogP contribution < -0.4 is 0 Å². The highest BCUT2D eigenvalue weighted by Gasteiger charge is 2.06. The lowest BCUT2D eigenvalue weighted by Crippen LogP contribution is -1.99. The second-order valence-corrected chi connectivity index (χ2v) is 6.33. The van der Waals surface area contributed by atoms with Gasteiger partial charge >= 0.3 is 0 Å². The van der Waals surface area contributed by atoms with Gasteiger partial charge in [0.1, 0.15) is 0 Å². The van der Waals surface area contributed by atoms with Crippen LogP contribution in [0.4, 0.5) is 0 Å². The van der Waals surface area contributed by atoms with Crippen LogP contribution in [0.25, 0.3) is 0 Å². The number of hydrogen-bond donors (Lipinski definition) is 4. The van der Waals surface area contributed by atoms with Crippen LogP contribution in [0.2, 0.25) is 0 Å². The molecule has 0 radical (unpaired) electrons. The van der Waals surface area contributed by atoms with Gasteiger partial charge < -0.3 is 21.6 Å². The average molecular weight is 346 g/mol. The van der Waals surface area contributed by atoms with Crippen LogP contribution in [0.5, 0.6) is 0 Å². The van der Waals surface area contributed by atoms with Gasteiger partial charge in [0.2, 0.25) is 0 Å². The molecule has 4 N–H and O–H groups in total. The zero-order valence-corrected chi connectivity index (χ0v) is 15.0. The summed E-state index contributed by atoms with van der Waals surface area (Å²) in [6.07, 6.45) is 11.6. The predicted molar refractivity (Wildman–Crippen MR) is 110 cm³/mol. The molecule has 0 aliphatic carbocycles. The SMILES string of the molecule is N=Cc1cccc(CCCCCCc2cccc(C=N)c2C=N)c1C=N. The minimum atomic E-state index is 0.808. The summed E-state index contributed by atoms with van der Waals surface area (Å²) in [7, 11) is 0. The molecule has 0 amide bonds. The first-order valence-electron chi connectivity index (χ1n) is 9.00. The smallest absolute Gasteiger partial charge is 0.0259 e. The Kier molecular flexibility index (Phi) is 7.62. The predicted octanol–water partition coefficient (Wildman–Crippen LogP) is 5.02. The number of benzene rings is 2. The van der Waals surface area contributed by atoms with E-state index in [2.05, 4.69) is 0 Å². The van der Waals surface area contributed by atoms with E-state index in [0.29, 0.717) is 0 Å². The van der Waals surface area contributed by atoms with Crippen molar-refractivity contribution in [1.82, 2.24) is 0 Å². The molecular weight excluding hydrogens is 320 g/mol. The molecule has 0 spiro atoms. The number of nitrogens with one attached hydrogen (secondary N) is 4. The molecule has 134 valence electrons. The Morgan fingerprint density at radius 3 is 1.31 bits per heavy atom. The molecule has 26 heavy (non-hydrogen) atoms. The fraction of sp³-hybridized carbons (Fsp3) is 0.273. The van der Waals surface area contributed by atoms with Gasteiger partial charge in [-0.15, -0.1) is 0 Å². The Hall–Kier alpha value is -2.88. The van der Waals surface area contributed by atoms with E-state index in [0.717, 1.165) is 71.9 Å². The summed E-state index contributed by atoms with van der Waals surface area (Å²) in [5, 5.41) is 30.0. The Balaban J connectivity index is 1.82. The quantitative estimate of drug-likeness (QED) is 0.325. The Bertz CT molecular complexity index is 725. The normalized spacial score (nSPS) is 10.3. The first kappa shape index (κ1) is 19.4. The van der Waals surface area contributed by atoms with Crippen molar-refractivity contribution >= 4 is 24.9 Å². The monoisotopic (exact) mass is 346 g/mol. The highest BCUT2D eigenvalue weighted by molar-refractivity contribution is 5.94. The van der Waals surface area contributed by atoms with Crippen LogP contribution in [-0.4, -0.2) is 24.9 Å². The summed E-state index contributed by atoms with van der Waals surface area (Å²) in [6.45, 7) is 0. The van der Waals surface area contributed by atoms with Crippen molar-refractivity contribution in [2.75, 3.05) is 0 Å². The Morgan fingerprint density at radius 1 is 0.538 bits per heavy atom. The van der Waals surface area contributed by atoms with E-state index in [1.54, 1.807) is 0 Å². The van der Waals surface area contributed by atoms with E-state index >= 15 is 0 Å². The largest absolute Gasteiger partial charge is 0.308 e. The van der Waals surface area contributed by atoms with Gasteiger partial charge in [-0.25, -0.2) is 0 Å². The minimum Gasteiger partial charge on any atom is -0.308 e. The summed E-state index contributed by atoms with van der Waals surface area (Å²) < 4.78 is 0. The molecule has 0 aromatic heterocycles. The summed E-state index contributed by atoms with van der Waals surface area (Å²) in [5.74, 6) is 0. The second kappa shape index (κ2) is 10.2. The van der Waals surface area contributed by atoms with E-state index in [1.165, 1.54) is 24.9 Å². The maximum Gasteiger partial charge on any atom is 0.0259 e. The second-order valence-electron chi connectivity index (χ2n) is 6.33. The van der Waals surface area contributed by atoms with Crippen molar-refractivity contribution in [1.29, 1.82) is 21.6 Å². The van der Waals surface area contributed by atoms with Gasteiger partial charge in [0.25, 0.3) is 0 Å². The summed E-state index contributed by atoms with van der Waals surface area (Å²) in [6, 6.07) is 11.8. The molecule has 4 heteroatoms. The van der Waals surface area contributed by atoms with Crippen molar-refractivity contribution < 1.29 is 0 Å². The molecule has 2 rings (SSSR count). The molecule has 0 saturated carbocycles. The number of aryl methyl sites for hydroxylation is 2. The maximum atomic E-state index is 7.58. The highest BCUT2D eigenvalue weighted by atomic mass is 14.4. The lowest BCUT2D eigenvalue weighted by Gasteiger charge is -2.09. The third-order valence-electron chi connectivity index (χ3n) is 4.70. The van der Waals surface area contributed by atoms with Crippen LogP contribution >= 0.6 is 0 Å². The van der Waals surface area contributed by atoms with E-state index < -0.39 is 0 Å². The van der Waals surface area contributed by atoms with E-state index in [-0.39, 0.29) is 0 Å². The van der Waals surface area contributed by atoms with E-state index in [4.69, 9.17) is 21.6 Å². The van der Waals surface area contributed by atoms with Crippen LogP contribution in [-0.2, 0) is 12.8 Å². The number of rotatable bonds is 11. The van der Waals surface area contributed by atoms with Gasteiger partial charge in [-0.1, -0.05) is 49.2 Å². The minimum absolute atomic E-state index is 0.808. The van der Waals surface area contributed by atoms with Gasteiger partial charge in [-0.3, -0.25) is 0 Å². The lowest BCUT2D eigenvalue weighted by molar-refractivity contribution is 0.640. The maximum absolute atomic E-state index is 7.58. The average Bonchev–Trinajstić information content (AvgIpc) is 2.69. The first-order chi connectivity index (χ1) is 12.7. The molecule has 2 aromatic rings. The van der Waals surface area contributed by atoms with Crippen molar-refractivity contribution in [2.45, 2.75) is 38.5 Å². The summed E-state index contributed by atoms with van der Waals surface area (Å²) in [5.41, 5.74) is 5.63. The highest BCUT2D eigenvalue weighted by Crippen LogP contribution is 2.17. The first-order valence-corrected chi connectivity index (χ1v) is 9.00. The van der Waals surface area contributed by atoms with Crippen LogP contribution in [0, 0.1) is 21.6 Å². The third-order valence-corrected chi connectivity index (χ3v) is 4.70. The van der Waals surface area contributed by atoms with Crippen molar-refractivity contribution in [3.63, 3.8) is 0 Å². The number of hydrogen-bond acceptors (Lipinski definition) is 4. The van der Waals surface area contributed by atoms with Gasteiger partial charge in [-0.2, -0.15) is 0 Å². The summed E-state index contributed by atoms with van der Waals surface area (Å²) >= 11 is 0. The van der Waals surface area contributed by atoms with E-state index in [9.17, 15) is 0 Å². The topological polar surface area (TPSA) is 95.4 Å². The molecule has 0 fully saturated rings. The third kappa shape index (κ3) is 4.82.